The monoisotopic (exact) mass is 425 g/mol. The second-order valence-electron chi connectivity index (χ2n) is 10.3. The van der Waals surface area contributed by atoms with Crippen LogP contribution in [0.3, 0.4) is 0 Å². The zero-order valence-electron chi connectivity index (χ0n) is 19.5. The largest absolute Gasteiger partial charge is 0.469 e. The van der Waals surface area contributed by atoms with Gasteiger partial charge in [-0.3, -0.25) is 15.1 Å². The fraction of sp³-hybridized carbons (Fsp3) is 0.500. The molecule has 1 saturated carbocycles. The number of allylic oxidation sites excluding steroid dienone is 2. The van der Waals surface area contributed by atoms with Crippen molar-refractivity contribution in [3.8, 4) is 0 Å². The van der Waals surface area contributed by atoms with Crippen molar-refractivity contribution >= 4 is 5.97 Å². The molecule has 0 spiro atoms. The molecule has 5 heteroatoms. The van der Waals surface area contributed by atoms with Crippen LogP contribution in [-0.2, 0) is 27.4 Å². The van der Waals surface area contributed by atoms with Crippen LogP contribution in [0.15, 0.2) is 58.9 Å². The molecule has 5 nitrogen and oxygen atoms in total. The molecule has 0 radical (unpaired) electrons. The van der Waals surface area contributed by atoms with Gasteiger partial charge in [0.2, 0.25) is 0 Å². The average Bonchev–Trinajstić information content (AvgIpc) is 3.00. The van der Waals surface area contributed by atoms with Gasteiger partial charge in [0.15, 0.2) is 0 Å². The average molecular weight is 426 g/mol. The number of hydrogen-bond acceptors (Lipinski definition) is 5. The fourth-order valence-corrected chi connectivity index (χ4v) is 3.74. The first-order chi connectivity index (χ1) is 14.6. The summed E-state index contributed by atoms with van der Waals surface area (Å²) in [6, 6.07) is 12.1. The summed E-state index contributed by atoms with van der Waals surface area (Å²) in [6.45, 7) is 13.3. The molecule has 0 amide bonds. The minimum absolute atomic E-state index is 0.0898. The third-order valence-corrected chi connectivity index (χ3v) is 5.64. The van der Waals surface area contributed by atoms with Crippen LogP contribution in [0.5, 0.6) is 0 Å². The molecule has 168 valence electrons. The Kier molecular flexibility index (Phi) is 6.95. The Hall–Kier alpha value is -2.53. The molecule has 2 aromatic rings. The van der Waals surface area contributed by atoms with Gasteiger partial charge >= 0.3 is 5.97 Å². The second kappa shape index (κ2) is 9.31. The Labute approximate surface area is 185 Å². The van der Waals surface area contributed by atoms with Gasteiger partial charge in [-0.25, -0.2) is 0 Å². The van der Waals surface area contributed by atoms with Crippen molar-refractivity contribution in [2.75, 3.05) is 6.61 Å². The summed E-state index contributed by atoms with van der Waals surface area (Å²) in [5, 5.41) is 0. The van der Waals surface area contributed by atoms with Crippen molar-refractivity contribution in [2.24, 2.45) is 22.7 Å². The summed E-state index contributed by atoms with van der Waals surface area (Å²) < 4.78 is 11.2. The van der Waals surface area contributed by atoms with Crippen molar-refractivity contribution in [3.05, 3.63) is 71.3 Å². The van der Waals surface area contributed by atoms with Gasteiger partial charge in [-0.1, -0.05) is 71.0 Å². The molecule has 1 aromatic carbocycles. The molecule has 3 rings (SSSR count). The third kappa shape index (κ3) is 6.47. The summed E-state index contributed by atoms with van der Waals surface area (Å²) in [5.74, 6) is 0.675. The highest BCUT2D eigenvalue weighted by Crippen LogP contribution is 2.59. The van der Waals surface area contributed by atoms with E-state index in [4.69, 9.17) is 14.0 Å². The van der Waals surface area contributed by atoms with Crippen molar-refractivity contribution in [1.29, 1.82) is 0 Å². The number of carbonyl (C=O) groups is 1. The fourth-order valence-electron chi connectivity index (χ4n) is 3.74. The lowest BCUT2D eigenvalue weighted by atomic mass is 9.99. The van der Waals surface area contributed by atoms with Gasteiger partial charge in [0.25, 0.3) is 0 Å². The highest BCUT2D eigenvalue weighted by Gasteiger charge is 2.61. The van der Waals surface area contributed by atoms with Crippen LogP contribution in [0.25, 0.3) is 0 Å². The molecule has 1 N–H and O–H groups in total. The minimum Gasteiger partial charge on any atom is -0.469 e. The van der Waals surface area contributed by atoms with E-state index in [1.807, 2.05) is 31.2 Å². The van der Waals surface area contributed by atoms with E-state index in [0.717, 1.165) is 23.4 Å². The summed E-state index contributed by atoms with van der Waals surface area (Å²) in [7, 11) is 0. The summed E-state index contributed by atoms with van der Waals surface area (Å²) in [6.07, 6.45) is 4.47. The van der Waals surface area contributed by atoms with Gasteiger partial charge in [-0.2, -0.15) is 0 Å². The Morgan fingerprint density at radius 3 is 2.58 bits per heavy atom. The lowest BCUT2D eigenvalue weighted by Crippen LogP contribution is -2.22. The van der Waals surface area contributed by atoms with Crippen molar-refractivity contribution in [1.82, 2.24) is 5.48 Å². The number of nitrogens with one attached hydrogen (secondary N) is 1. The van der Waals surface area contributed by atoms with Crippen LogP contribution < -0.4 is 5.48 Å². The van der Waals surface area contributed by atoms with Gasteiger partial charge in [0, 0.05) is 17.7 Å². The normalized spacial score (nSPS) is 20.4. The number of benzene rings is 1. The molecular formula is C26H35NO4. The quantitative estimate of drug-likeness (QED) is 0.415. The summed E-state index contributed by atoms with van der Waals surface area (Å²) >= 11 is 0. The van der Waals surface area contributed by atoms with Crippen LogP contribution in [0.2, 0.25) is 0 Å². The molecular weight excluding hydrogens is 390 g/mol. The summed E-state index contributed by atoms with van der Waals surface area (Å²) in [4.78, 5) is 18.3. The van der Waals surface area contributed by atoms with Gasteiger partial charge < -0.3 is 9.15 Å². The number of rotatable bonds is 9. The van der Waals surface area contributed by atoms with Crippen LogP contribution in [0, 0.1) is 22.7 Å². The Bertz CT molecular complexity index is 905. The highest BCUT2D eigenvalue weighted by molar-refractivity contribution is 5.78. The molecule has 0 bridgehead atoms. The predicted molar refractivity (Wildman–Crippen MR) is 121 cm³/mol. The van der Waals surface area contributed by atoms with Gasteiger partial charge in [0.1, 0.15) is 12.4 Å². The number of carbonyl (C=O) groups excluding carboxylic acids is 1. The predicted octanol–water partition coefficient (Wildman–Crippen LogP) is 5.66. The SMILES string of the molecule is CC(=CC1C(C(=O)OCc2coc(Cc3ccccc3)c2)C1(C)C)NOCC(C)(C)C. The van der Waals surface area contributed by atoms with Crippen molar-refractivity contribution in [2.45, 2.75) is 54.6 Å². The number of esters is 1. The number of hydrogen-bond donors (Lipinski definition) is 1. The standard InChI is InChI=1S/C26H35NO4/c1-18(27-31-17-25(2,3)4)12-22-23(26(22,5)6)24(28)30-16-20-14-21(29-15-20)13-19-10-8-7-9-11-19/h7-12,14-15,22-23,27H,13,16-17H2,1-6H3. The van der Waals surface area contributed by atoms with E-state index in [9.17, 15) is 4.79 Å². The minimum atomic E-state index is -0.166. The molecule has 2 atom stereocenters. The molecule has 2 unspecified atom stereocenters. The zero-order chi connectivity index (χ0) is 22.6. The van der Waals surface area contributed by atoms with Crippen molar-refractivity contribution < 1.29 is 18.8 Å². The van der Waals surface area contributed by atoms with Crippen molar-refractivity contribution in [3.63, 3.8) is 0 Å². The Balaban J connectivity index is 1.48. The maximum atomic E-state index is 12.7. The number of hydroxylamine groups is 1. The Morgan fingerprint density at radius 1 is 1.19 bits per heavy atom. The van der Waals surface area contributed by atoms with E-state index < -0.39 is 0 Å². The summed E-state index contributed by atoms with van der Waals surface area (Å²) in [5.41, 5.74) is 5.92. The lowest BCUT2D eigenvalue weighted by molar-refractivity contribution is -0.147. The molecule has 31 heavy (non-hydrogen) atoms. The van der Waals surface area contributed by atoms with E-state index in [1.54, 1.807) is 6.26 Å². The number of furan rings is 1. The molecule has 0 aliphatic heterocycles. The lowest BCUT2D eigenvalue weighted by Gasteiger charge is -2.18. The van der Waals surface area contributed by atoms with E-state index in [2.05, 4.69) is 58.3 Å². The maximum Gasteiger partial charge on any atom is 0.310 e. The van der Waals surface area contributed by atoms with E-state index in [0.29, 0.717) is 6.61 Å². The molecule has 1 aromatic heterocycles. The second-order valence-corrected chi connectivity index (χ2v) is 10.3. The molecule has 1 heterocycles. The van der Waals surface area contributed by atoms with E-state index in [-0.39, 0.29) is 35.2 Å². The van der Waals surface area contributed by atoms with Gasteiger partial charge in [-0.05, 0) is 35.3 Å². The van der Waals surface area contributed by atoms with Crippen LogP contribution in [0.4, 0.5) is 0 Å². The van der Waals surface area contributed by atoms with Crippen LogP contribution in [0.1, 0.15) is 58.4 Å². The Morgan fingerprint density at radius 2 is 1.90 bits per heavy atom. The molecule has 1 fully saturated rings. The van der Waals surface area contributed by atoms with Crippen LogP contribution >= 0.6 is 0 Å². The van der Waals surface area contributed by atoms with Gasteiger partial charge in [0.05, 0.1) is 18.8 Å². The molecule has 1 aliphatic carbocycles. The topological polar surface area (TPSA) is 60.7 Å². The first kappa shape index (κ1) is 23.1. The smallest absolute Gasteiger partial charge is 0.310 e. The van der Waals surface area contributed by atoms with Crippen LogP contribution in [-0.4, -0.2) is 12.6 Å². The molecule has 0 saturated heterocycles. The number of ether oxygens (including phenoxy) is 1. The highest BCUT2D eigenvalue weighted by atomic mass is 16.6. The zero-order valence-corrected chi connectivity index (χ0v) is 19.5. The maximum absolute atomic E-state index is 12.7. The first-order valence-corrected chi connectivity index (χ1v) is 10.9. The first-order valence-electron chi connectivity index (χ1n) is 10.9. The molecule has 1 aliphatic rings. The van der Waals surface area contributed by atoms with E-state index in [1.165, 1.54) is 5.56 Å². The third-order valence-electron chi connectivity index (χ3n) is 5.64. The van der Waals surface area contributed by atoms with E-state index >= 15 is 0 Å². The van der Waals surface area contributed by atoms with Gasteiger partial charge in [-0.15, -0.1) is 0 Å².